The van der Waals surface area contributed by atoms with Crippen LogP contribution in [-0.4, -0.2) is 13.0 Å². The summed E-state index contributed by atoms with van der Waals surface area (Å²) in [6.07, 6.45) is 1.94. The average molecular weight is 254 g/mol. The largest absolute Gasteiger partial charge is 0.359 e. The molecule has 74 valence electrons. The molecule has 2 rings (SSSR count). The van der Waals surface area contributed by atoms with Crippen molar-refractivity contribution >= 4 is 21.8 Å². The number of aryl methyl sites for hydroxylation is 1. The van der Waals surface area contributed by atoms with E-state index in [2.05, 4.69) is 27.3 Å². The predicted molar refractivity (Wildman–Crippen MR) is 59.3 cm³/mol. The number of halogens is 1. The molecule has 1 aromatic rings. The van der Waals surface area contributed by atoms with Gasteiger partial charge in [0.15, 0.2) is 0 Å². The minimum atomic E-state index is 0.0584. The second-order valence-electron chi connectivity index (χ2n) is 3.55. The second kappa shape index (κ2) is 3.73. The van der Waals surface area contributed by atoms with E-state index in [1.807, 2.05) is 12.1 Å². The van der Waals surface area contributed by atoms with E-state index in [9.17, 15) is 4.79 Å². The number of fused-ring (bicyclic) bond motifs is 1. The van der Waals surface area contributed by atoms with Gasteiger partial charge < -0.3 is 5.32 Å². The molecule has 3 heteroatoms. The molecule has 1 aromatic carbocycles. The van der Waals surface area contributed by atoms with Crippen molar-refractivity contribution in [1.29, 1.82) is 0 Å². The Morgan fingerprint density at radius 3 is 3.07 bits per heavy atom. The van der Waals surface area contributed by atoms with Crippen LogP contribution >= 0.6 is 15.9 Å². The third kappa shape index (κ3) is 1.57. The maximum absolute atomic E-state index is 11.5. The summed E-state index contributed by atoms with van der Waals surface area (Å²) < 4.78 is 1.09. The highest BCUT2D eigenvalue weighted by molar-refractivity contribution is 9.10. The summed E-state index contributed by atoms with van der Waals surface area (Å²) in [5.41, 5.74) is 2.49. The maximum atomic E-state index is 11.5. The number of benzene rings is 1. The van der Waals surface area contributed by atoms with E-state index in [0.717, 1.165) is 17.3 Å². The summed E-state index contributed by atoms with van der Waals surface area (Å²) in [5.74, 6) is 0.189. The Bertz CT molecular complexity index is 376. The monoisotopic (exact) mass is 253 g/mol. The van der Waals surface area contributed by atoms with Crippen molar-refractivity contribution in [2.75, 3.05) is 7.05 Å². The Kier molecular flexibility index (Phi) is 2.59. The standard InChI is InChI=1S/C11H12BrNO/c1-13-11(14)10-4-2-7-6-8(12)3-5-9(7)10/h3,5-6,10H,2,4H2,1H3,(H,13,14). The van der Waals surface area contributed by atoms with Crippen LogP contribution in [-0.2, 0) is 11.2 Å². The van der Waals surface area contributed by atoms with Crippen molar-refractivity contribution in [3.63, 3.8) is 0 Å². The molecule has 0 aliphatic heterocycles. The molecule has 0 radical (unpaired) electrons. The van der Waals surface area contributed by atoms with E-state index in [-0.39, 0.29) is 11.8 Å². The van der Waals surface area contributed by atoms with Gasteiger partial charge >= 0.3 is 0 Å². The fourth-order valence-electron chi connectivity index (χ4n) is 2.03. The lowest BCUT2D eigenvalue weighted by atomic mass is 10.0. The summed E-state index contributed by atoms with van der Waals surface area (Å²) in [7, 11) is 1.69. The highest BCUT2D eigenvalue weighted by atomic mass is 79.9. The second-order valence-corrected chi connectivity index (χ2v) is 4.46. The molecule has 0 saturated heterocycles. The lowest BCUT2D eigenvalue weighted by Crippen LogP contribution is -2.24. The Morgan fingerprint density at radius 1 is 1.57 bits per heavy atom. The van der Waals surface area contributed by atoms with Crippen molar-refractivity contribution in [1.82, 2.24) is 5.32 Å². The van der Waals surface area contributed by atoms with Gasteiger partial charge in [0.2, 0.25) is 5.91 Å². The Hall–Kier alpha value is -0.830. The number of carbonyl (C=O) groups excluding carboxylic acids is 1. The third-order valence-corrected chi connectivity index (χ3v) is 3.24. The number of likely N-dealkylation sites (N-methyl/N-ethyl adjacent to an activating group) is 1. The van der Waals surface area contributed by atoms with Crippen LogP contribution < -0.4 is 5.32 Å². The highest BCUT2D eigenvalue weighted by Crippen LogP contribution is 2.34. The van der Waals surface area contributed by atoms with E-state index in [0.29, 0.717) is 0 Å². The Balaban J connectivity index is 2.35. The van der Waals surface area contributed by atoms with Gasteiger partial charge in [-0.2, -0.15) is 0 Å². The quantitative estimate of drug-likeness (QED) is 0.818. The van der Waals surface area contributed by atoms with Crippen LogP contribution in [0.5, 0.6) is 0 Å². The summed E-state index contributed by atoms with van der Waals surface area (Å²) >= 11 is 3.44. The SMILES string of the molecule is CNC(=O)C1CCc2cc(Br)ccc21. The molecule has 14 heavy (non-hydrogen) atoms. The number of rotatable bonds is 1. The summed E-state index contributed by atoms with van der Waals surface area (Å²) in [5, 5.41) is 2.71. The molecule has 1 N–H and O–H groups in total. The maximum Gasteiger partial charge on any atom is 0.227 e. The van der Waals surface area contributed by atoms with Gasteiger partial charge in [0, 0.05) is 11.5 Å². The minimum absolute atomic E-state index is 0.0584. The smallest absolute Gasteiger partial charge is 0.227 e. The lowest BCUT2D eigenvalue weighted by molar-refractivity contribution is -0.122. The molecule has 2 nitrogen and oxygen atoms in total. The molecule has 0 fully saturated rings. The fraction of sp³-hybridized carbons (Fsp3) is 0.364. The van der Waals surface area contributed by atoms with Crippen LogP contribution in [0.15, 0.2) is 22.7 Å². The van der Waals surface area contributed by atoms with Gasteiger partial charge in [0.1, 0.15) is 0 Å². The minimum Gasteiger partial charge on any atom is -0.359 e. The molecule has 1 aliphatic carbocycles. The van der Waals surface area contributed by atoms with E-state index in [1.54, 1.807) is 7.05 Å². The van der Waals surface area contributed by atoms with Crippen LogP contribution in [0.4, 0.5) is 0 Å². The van der Waals surface area contributed by atoms with E-state index < -0.39 is 0 Å². The molecular formula is C11H12BrNO. The first-order chi connectivity index (χ1) is 6.72. The molecule has 0 heterocycles. The van der Waals surface area contributed by atoms with Crippen molar-refractivity contribution in [3.05, 3.63) is 33.8 Å². The van der Waals surface area contributed by atoms with Gasteiger partial charge in [-0.25, -0.2) is 0 Å². The zero-order chi connectivity index (χ0) is 10.1. The van der Waals surface area contributed by atoms with Gasteiger partial charge in [-0.05, 0) is 36.1 Å². The number of amides is 1. The van der Waals surface area contributed by atoms with E-state index in [1.165, 1.54) is 11.1 Å². The molecule has 1 unspecified atom stereocenters. The first-order valence-electron chi connectivity index (χ1n) is 4.72. The number of carbonyl (C=O) groups is 1. The summed E-state index contributed by atoms with van der Waals surface area (Å²) in [6.45, 7) is 0. The van der Waals surface area contributed by atoms with Gasteiger partial charge in [0.05, 0.1) is 5.92 Å². The van der Waals surface area contributed by atoms with Gasteiger partial charge in [0.25, 0.3) is 0 Å². The summed E-state index contributed by atoms with van der Waals surface area (Å²) in [4.78, 5) is 11.5. The van der Waals surface area contributed by atoms with Gasteiger partial charge in [-0.15, -0.1) is 0 Å². The molecule has 1 atom stereocenters. The first-order valence-corrected chi connectivity index (χ1v) is 5.51. The van der Waals surface area contributed by atoms with Crippen molar-refractivity contribution in [2.45, 2.75) is 18.8 Å². The average Bonchev–Trinajstić information content (AvgIpc) is 2.59. The van der Waals surface area contributed by atoms with E-state index in [4.69, 9.17) is 0 Å². The number of hydrogen-bond donors (Lipinski definition) is 1. The van der Waals surface area contributed by atoms with Crippen LogP contribution in [0.3, 0.4) is 0 Å². The zero-order valence-corrected chi connectivity index (χ0v) is 9.60. The van der Waals surface area contributed by atoms with Crippen LogP contribution in [0.2, 0.25) is 0 Å². The molecule has 0 aromatic heterocycles. The molecular weight excluding hydrogens is 242 g/mol. The summed E-state index contributed by atoms with van der Waals surface area (Å²) in [6, 6.07) is 6.16. The number of hydrogen-bond acceptors (Lipinski definition) is 1. The van der Waals surface area contributed by atoms with Crippen molar-refractivity contribution < 1.29 is 4.79 Å². The third-order valence-electron chi connectivity index (χ3n) is 2.75. The van der Waals surface area contributed by atoms with Crippen LogP contribution in [0, 0.1) is 0 Å². The Labute approximate surface area is 91.8 Å². The normalized spacial score (nSPS) is 19.1. The fourth-order valence-corrected chi connectivity index (χ4v) is 2.44. The Morgan fingerprint density at radius 2 is 2.36 bits per heavy atom. The molecule has 0 saturated carbocycles. The van der Waals surface area contributed by atoms with Gasteiger partial charge in [-0.1, -0.05) is 22.0 Å². The number of nitrogens with one attached hydrogen (secondary N) is 1. The van der Waals surface area contributed by atoms with Crippen molar-refractivity contribution in [3.8, 4) is 0 Å². The molecule has 0 spiro atoms. The molecule has 1 aliphatic rings. The molecule has 1 amide bonds. The zero-order valence-electron chi connectivity index (χ0n) is 8.01. The first kappa shape index (κ1) is 9.71. The highest BCUT2D eigenvalue weighted by Gasteiger charge is 2.27. The van der Waals surface area contributed by atoms with Crippen LogP contribution in [0.25, 0.3) is 0 Å². The molecule has 0 bridgehead atoms. The topological polar surface area (TPSA) is 29.1 Å². The lowest BCUT2D eigenvalue weighted by Gasteiger charge is -2.09. The van der Waals surface area contributed by atoms with Crippen LogP contribution in [0.1, 0.15) is 23.5 Å². The van der Waals surface area contributed by atoms with Crippen molar-refractivity contribution in [2.24, 2.45) is 0 Å². The predicted octanol–water partition coefficient (Wildman–Crippen LogP) is 2.22. The van der Waals surface area contributed by atoms with E-state index >= 15 is 0 Å². The van der Waals surface area contributed by atoms with Gasteiger partial charge in [-0.3, -0.25) is 4.79 Å².